The van der Waals surface area contributed by atoms with E-state index in [-0.39, 0.29) is 18.0 Å². The van der Waals surface area contributed by atoms with E-state index < -0.39 is 0 Å². The minimum atomic E-state index is -0.349. The average molecular weight is 355 g/mol. The number of aryl methyl sites for hydroxylation is 1. The van der Waals surface area contributed by atoms with Crippen molar-refractivity contribution in [2.45, 2.75) is 33.4 Å². The van der Waals surface area contributed by atoms with Crippen LogP contribution in [0.2, 0.25) is 0 Å². The lowest BCUT2D eigenvalue weighted by Crippen LogP contribution is -2.39. The summed E-state index contributed by atoms with van der Waals surface area (Å²) in [6.45, 7) is 6.05. The van der Waals surface area contributed by atoms with Crippen LogP contribution in [-0.2, 0) is 6.54 Å². The second-order valence-corrected chi connectivity index (χ2v) is 6.22. The van der Waals surface area contributed by atoms with Gasteiger partial charge >= 0.3 is 6.03 Å². The zero-order valence-electron chi connectivity index (χ0n) is 14.9. The Kier molecular flexibility index (Phi) is 5.26. The fourth-order valence-corrected chi connectivity index (χ4v) is 2.40. The summed E-state index contributed by atoms with van der Waals surface area (Å²) in [6.07, 6.45) is 6.91. The molecule has 0 saturated heterocycles. The number of hydrogen-bond donors (Lipinski definition) is 2. The van der Waals surface area contributed by atoms with Crippen LogP contribution in [0.1, 0.15) is 37.2 Å². The zero-order valence-corrected chi connectivity index (χ0v) is 14.9. The highest BCUT2D eigenvalue weighted by molar-refractivity contribution is 5.74. The number of pyridine rings is 1. The number of carbonyl (C=O) groups is 1. The SMILES string of the molecule is Cc1noc(C(NC(=O)NCc2ccc(-n3ccnc3)nc2)C(C)C)n1. The summed E-state index contributed by atoms with van der Waals surface area (Å²) in [5.74, 6) is 1.81. The van der Waals surface area contributed by atoms with Crippen molar-refractivity contribution >= 4 is 6.03 Å². The number of nitrogens with one attached hydrogen (secondary N) is 2. The van der Waals surface area contributed by atoms with Crippen LogP contribution in [0.5, 0.6) is 0 Å². The summed E-state index contributed by atoms with van der Waals surface area (Å²) < 4.78 is 6.99. The first-order valence-corrected chi connectivity index (χ1v) is 8.31. The smallest absolute Gasteiger partial charge is 0.315 e. The second-order valence-electron chi connectivity index (χ2n) is 6.22. The highest BCUT2D eigenvalue weighted by Crippen LogP contribution is 2.19. The number of rotatable bonds is 6. The van der Waals surface area contributed by atoms with Crippen molar-refractivity contribution in [1.29, 1.82) is 0 Å². The van der Waals surface area contributed by atoms with Gasteiger partial charge in [0.25, 0.3) is 0 Å². The van der Waals surface area contributed by atoms with Crippen LogP contribution in [0, 0.1) is 12.8 Å². The van der Waals surface area contributed by atoms with Gasteiger partial charge in [-0.25, -0.2) is 14.8 Å². The van der Waals surface area contributed by atoms with E-state index in [0.29, 0.717) is 18.3 Å². The third-order valence-electron chi connectivity index (χ3n) is 3.79. The maximum Gasteiger partial charge on any atom is 0.315 e. The molecule has 3 aromatic heterocycles. The summed E-state index contributed by atoms with van der Waals surface area (Å²) in [6, 6.07) is 3.12. The van der Waals surface area contributed by atoms with Crippen LogP contribution in [0.3, 0.4) is 0 Å². The number of imidazole rings is 1. The molecule has 1 atom stereocenters. The molecule has 1 unspecified atom stereocenters. The van der Waals surface area contributed by atoms with Crippen molar-refractivity contribution in [3.63, 3.8) is 0 Å². The van der Waals surface area contributed by atoms with Crippen molar-refractivity contribution in [3.8, 4) is 5.82 Å². The molecule has 9 heteroatoms. The van der Waals surface area contributed by atoms with E-state index >= 15 is 0 Å². The Labute approximate surface area is 150 Å². The minimum Gasteiger partial charge on any atom is -0.337 e. The fraction of sp³-hybridized carbons (Fsp3) is 0.353. The standard InChI is InChI=1S/C17H21N7O2/c1-11(2)15(16-21-12(3)23-26-16)22-17(25)20-9-13-4-5-14(19-8-13)24-7-6-18-10-24/h4-8,10-11,15H,9H2,1-3H3,(H2,20,22,25). The Balaban J connectivity index is 1.56. The third kappa shape index (κ3) is 4.24. The van der Waals surface area contributed by atoms with Gasteiger partial charge in [0.05, 0.1) is 0 Å². The van der Waals surface area contributed by atoms with Crippen molar-refractivity contribution < 1.29 is 9.32 Å². The van der Waals surface area contributed by atoms with Crippen molar-refractivity contribution in [3.05, 3.63) is 54.3 Å². The monoisotopic (exact) mass is 355 g/mol. The highest BCUT2D eigenvalue weighted by Gasteiger charge is 2.23. The molecule has 3 rings (SSSR count). The Morgan fingerprint density at radius 3 is 2.77 bits per heavy atom. The van der Waals surface area contributed by atoms with Gasteiger partial charge < -0.3 is 15.2 Å². The lowest BCUT2D eigenvalue weighted by molar-refractivity contribution is 0.224. The quantitative estimate of drug-likeness (QED) is 0.701. The summed E-state index contributed by atoms with van der Waals surface area (Å²) in [5.41, 5.74) is 0.888. The van der Waals surface area contributed by atoms with Gasteiger partial charge in [0.1, 0.15) is 18.2 Å². The van der Waals surface area contributed by atoms with Crippen molar-refractivity contribution in [2.24, 2.45) is 5.92 Å². The molecule has 0 aliphatic rings. The van der Waals surface area contributed by atoms with Gasteiger partial charge in [0.15, 0.2) is 5.82 Å². The van der Waals surface area contributed by atoms with Gasteiger partial charge in [0, 0.05) is 25.1 Å². The van der Waals surface area contributed by atoms with Crippen LogP contribution in [0.15, 0.2) is 41.6 Å². The Morgan fingerprint density at radius 2 is 2.19 bits per heavy atom. The molecule has 0 spiro atoms. The summed E-state index contributed by atoms with van der Waals surface area (Å²) >= 11 is 0. The Bertz CT molecular complexity index is 840. The van der Waals surface area contributed by atoms with Gasteiger partial charge in [-0.2, -0.15) is 4.98 Å². The first-order chi connectivity index (χ1) is 12.5. The maximum absolute atomic E-state index is 12.2. The molecule has 2 N–H and O–H groups in total. The van der Waals surface area contributed by atoms with Crippen LogP contribution in [0.25, 0.3) is 5.82 Å². The minimum absolute atomic E-state index is 0.108. The van der Waals surface area contributed by atoms with Crippen LogP contribution in [0.4, 0.5) is 4.79 Å². The second kappa shape index (κ2) is 7.77. The average Bonchev–Trinajstić information content (AvgIpc) is 3.30. The zero-order chi connectivity index (χ0) is 18.5. The molecule has 0 aliphatic heterocycles. The lowest BCUT2D eigenvalue weighted by Gasteiger charge is -2.18. The molecule has 136 valence electrons. The summed E-state index contributed by atoms with van der Waals surface area (Å²) in [7, 11) is 0. The molecule has 2 amide bonds. The maximum atomic E-state index is 12.2. The fourth-order valence-electron chi connectivity index (χ4n) is 2.40. The molecule has 9 nitrogen and oxygen atoms in total. The molecule has 3 heterocycles. The number of carbonyl (C=O) groups excluding carboxylic acids is 1. The molecule has 3 aromatic rings. The molecule has 0 radical (unpaired) electrons. The number of nitrogens with zero attached hydrogens (tertiary/aromatic N) is 5. The molecule has 0 bridgehead atoms. The van der Waals surface area contributed by atoms with E-state index in [2.05, 4.69) is 30.7 Å². The highest BCUT2D eigenvalue weighted by atomic mass is 16.5. The summed E-state index contributed by atoms with van der Waals surface area (Å²) in [4.78, 5) is 24.8. The van der Waals surface area contributed by atoms with Crippen molar-refractivity contribution in [2.75, 3.05) is 0 Å². The first kappa shape index (κ1) is 17.6. The van der Waals surface area contributed by atoms with Crippen LogP contribution < -0.4 is 10.6 Å². The van der Waals surface area contributed by atoms with E-state index in [0.717, 1.165) is 11.4 Å². The van der Waals surface area contributed by atoms with E-state index in [9.17, 15) is 4.79 Å². The van der Waals surface area contributed by atoms with Gasteiger partial charge in [-0.1, -0.05) is 25.1 Å². The third-order valence-corrected chi connectivity index (χ3v) is 3.79. The molecular formula is C17H21N7O2. The predicted octanol–water partition coefficient (Wildman–Crippen LogP) is 2.16. The predicted molar refractivity (Wildman–Crippen MR) is 93.3 cm³/mol. The first-order valence-electron chi connectivity index (χ1n) is 8.31. The molecule has 0 aliphatic carbocycles. The topological polar surface area (TPSA) is 111 Å². The normalized spacial score (nSPS) is 12.2. The van der Waals surface area contributed by atoms with Gasteiger partial charge in [-0.15, -0.1) is 0 Å². The van der Waals surface area contributed by atoms with Crippen LogP contribution >= 0.6 is 0 Å². The number of urea groups is 1. The molecule has 26 heavy (non-hydrogen) atoms. The summed E-state index contributed by atoms with van der Waals surface area (Å²) in [5, 5.41) is 9.46. The van der Waals surface area contributed by atoms with Gasteiger partial charge in [-0.05, 0) is 24.5 Å². The molecule has 0 saturated carbocycles. The van der Waals surface area contributed by atoms with Crippen molar-refractivity contribution in [1.82, 2.24) is 35.3 Å². The number of aromatic nitrogens is 5. The van der Waals surface area contributed by atoms with E-state index in [1.165, 1.54) is 0 Å². The van der Waals surface area contributed by atoms with E-state index in [1.54, 1.807) is 25.6 Å². The molecule has 0 aromatic carbocycles. The molecule has 0 fully saturated rings. The van der Waals surface area contributed by atoms with Gasteiger partial charge in [0.2, 0.25) is 5.89 Å². The van der Waals surface area contributed by atoms with E-state index in [4.69, 9.17) is 4.52 Å². The molecular weight excluding hydrogens is 334 g/mol. The Hall–Kier alpha value is -3.23. The van der Waals surface area contributed by atoms with Gasteiger partial charge in [-0.3, -0.25) is 4.57 Å². The number of hydrogen-bond acceptors (Lipinski definition) is 6. The lowest BCUT2D eigenvalue weighted by atomic mass is 10.0. The Morgan fingerprint density at radius 1 is 1.35 bits per heavy atom. The largest absolute Gasteiger partial charge is 0.337 e. The van der Waals surface area contributed by atoms with E-state index in [1.807, 2.05) is 36.7 Å². The number of amides is 2. The van der Waals surface area contributed by atoms with Crippen LogP contribution in [-0.4, -0.2) is 30.7 Å².